The van der Waals surface area contributed by atoms with Gasteiger partial charge < -0.3 is 10.4 Å². The van der Waals surface area contributed by atoms with Crippen LogP contribution in [0.5, 0.6) is 0 Å². The minimum absolute atomic E-state index is 0.126. The summed E-state index contributed by atoms with van der Waals surface area (Å²) in [5, 5.41) is 14.0. The van der Waals surface area contributed by atoms with Crippen molar-refractivity contribution < 1.29 is 5.11 Å². The van der Waals surface area contributed by atoms with Crippen molar-refractivity contribution in [1.82, 2.24) is 15.3 Å². The fraction of sp³-hybridized carbons (Fsp3) is 0.733. The summed E-state index contributed by atoms with van der Waals surface area (Å²) >= 11 is 0. The van der Waals surface area contributed by atoms with E-state index >= 15 is 0 Å². The Balaban J connectivity index is 1.92. The van der Waals surface area contributed by atoms with Gasteiger partial charge in [0.1, 0.15) is 0 Å². The van der Waals surface area contributed by atoms with Crippen LogP contribution in [0.25, 0.3) is 0 Å². The molecule has 1 saturated carbocycles. The quantitative estimate of drug-likeness (QED) is 0.820. The van der Waals surface area contributed by atoms with E-state index in [9.17, 15) is 5.11 Å². The van der Waals surface area contributed by atoms with E-state index in [1.807, 2.05) is 6.92 Å². The number of aryl methyl sites for hydroxylation is 1. The van der Waals surface area contributed by atoms with Crippen LogP contribution in [0.4, 0.5) is 0 Å². The topological polar surface area (TPSA) is 58.0 Å². The highest BCUT2D eigenvalue weighted by molar-refractivity contribution is 5.12. The van der Waals surface area contributed by atoms with Crippen molar-refractivity contribution in [3.63, 3.8) is 0 Å². The molecule has 0 bridgehead atoms. The molecular formula is C15H25N3O. The first-order valence-corrected chi connectivity index (χ1v) is 7.34. The summed E-state index contributed by atoms with van der Waals surface area (Å²) in [6, 6.07) is 0.126. The van der Waals surface area contributed by atoms with Gasteiger partial charge in [-0.1, -0.05) is 25.7 Å². The Morgan fingerprint density at radius 3 is 2.47 bits per heavy atom. The van der Waals surface area contributed by atoms with Crippen molar-refractivity contribution in [2.45, 2.75) is 64.0 Å². The standard InChI is InChI=1S/C15H25N3O/c1-12-14(17-10-9-16-12)13(2)18-11-15(19)7-5-3-4-6-8-15/h9-10,13,18-19H,3-8,11H2,1-2H3. The number of hydrogen-bond donors (Lipinski definition) is 2. The predicted octanol–water partition coefficient (Wildman–Crippen LogP) is 2.52. The molecule has 4 heteroatoms. The first-order valence-electron chi connectivity index (χ1n) is 7.34. The molecule has 2 rings (SSSR count). The number of aromatic nitrogens is 2. The van der Waals surface area contributed by atoms with Crippen molar-refractivity contribution in [3.05, 3.63) is 23.8 Å². The van der Waals surface area contributed by atoms with Gasteiger partial charge in [-0.05, 0) is 26.7 Å². The molecule has 2 N–H and O–H groups in total. The molecule has 4 nitrogen and oxygen atoms in total. The molecule has 1 unspecified atom stereocenters. The molecule has 1 aliphatic carbocycles. The van der Waals surface area contributed by atoms with Crippen molar-refractivity contribution in [1.29, 1.82) is 0 Å². The van der Waals surface area contributed by atoms with E-state index in [0.717, 1.165) is 37.1 Å². The van der Waals surface area contributed by atoms with Crippen LogP contribution < -0.4 is 5.32 Å². The van der Waals surface area contributed by atoms with Crippen LogP contribution in [0.3, 0.4) is 0 Å². The van der Waals surface area contributed by atoms with E-state index < -0.39 is 5.60 Å². The summed E-state index contributed by atoms with van der Waals surface area (Å²) < 4.78 is 0. The molecule has 0 aromatic carbocycles. The van der Waals surface area contributed by atoms with Crippen molar-refractivity contribution >= 4 is 0 Å². The molecule has 0 aliphatic heterocycles. The highest BCUT2D eigenvalue weighted by Gasteiger charge is 2.28. The van der Waals surface area contributed by atoms with Gasteiger partial charge in [0.05, 0.1) is 17.0 Å². The Kier molecular flexibility index (Phi) is 4.88. The zero-order chi connectivity index (χ0) is 13.7. The molecule has 1 fully saturated rings. The van der Waals surface area contributed by atoms with Crippen molar-refractivity contribution in [2.24, 2.45) is 0 Å². The Hall–Kier alpha value is -1.00. The fourth-order valence-corrected chi connectivity index (χ4v) is 2.85. The monoisotopic (exact) mass is 263 g/mol. The minimum atomic E-state index is -0.541. The second-order valence-corrected chi connectivity index (χ2v) is 5.77. The molecule has 1 aromatic heterocycles. The summed E-state index contributed by atoms with van der Waals surface area (Å²) in [4.78, 5) is 8.64. The lowest BCUT2D eigenvalue weighted by atomic mass is 9.94. The number of nitrogens with zero attached hydrogens (tertiary/aromatic N) is 2. The Bertz CT molecular complexity index is 400. The highest BCUT2D eigenvalue weighted by Crippen LogP contribution is 2.27. The van der Waals surface area contributed by atoms with E-state index in [1.165, 1.54) is 12.8 Å². The molecule has 1 aromatic rings. The lowest BCUT2D eigenvalue weighted by Gasteiger charge is -2.28. The van der Waals surface area contributed by atoms with Gasteiger partial charge in [0, 0.05) is 25.0 Å². The third-order valence-electron chi connectivity index (χ3n) is 4.10. The minimum Gasteiger partial charge on any atom is -0.389 e. The largest absolute Gasteiger partial charge is 0.389 e. The average molecular weight is 263 g/mol. The SMILES string of the molecule is Cc1nccnc1C(C)NCC1(O)CCCCCC1. The number of hydrogen-bond acceptors (Lipinski definition) is 4. The summed E-state index contributed by atoms with van der Waals surface area (Å²) in [6.45, 7) is 4.70. The molecule has 1 aliphatic rings. The molecule has 106 valence electrons. The maximum Gasteiger partial charge on any atom is 0.0782 e. The summed E-state index contributed by atoms with van der Waals surface area (Å²) in [5.41, 5.74) is 1.39. The van der Waals surface area contributed by atoms with Crippen LogP contribution in [-0.4, -0.2) is 27.2 Å². The van der Waals surface area contributed by atoms with E-state index in [2.05, 4.69) is 22.2 Å². The summed E-state index contributed by atoms with van der Waals surface area (Å²) in [6.07, 6.45) is 10.0. The molecular weight excluding hydrogens is 238 g/mol. The normalized spacial score (nSPS) is 20.8. The third kappa shape index (κ3) is 3.98. The van der Waals surface area contributed by atoms with Crippen LogP contribution in [-0.2, 0) is 0 Å². The van der Waals surface area contributed by atoms with Crippen LogP contribution in [0.2, 0.25) is 0 Å². The van der Waals surface area contributed by atoms with Crippen molar-refractivity contribution in [3.8, 4) is 0 Å². The van der Waals surface area contributed by atoms with Crippen LogP contribution >= 0.6 is 0 Å². The van der Waals surface area contributed by atoms with Gasteiger partial charge in [0.25, 0.3) is 0 Å². The van der Waals surface area contributed by atoms with E-state index in [-0.39, 0.29) is 6.04 Å². The lowest BCUT2D eigenvalue weighted by molar-refractivity contribution is 0.0230. The van der Waals surface area contributed by atoms with E-state index in [4.69, 9.17) is 0 Å². The van der Waals surface area contributed by atoms with E-state index in [0.29, 0.717) is 6.54 Å². The molecule has 19 heavy (non-hydrogen) atoms. The molecule has 0 amide bonds. The predicted molar refractivity (Wildman–Crippen MR) is 75.8 cm³/mol. The van der Waals surface area contributed by atoms with Crippen molar-refractivity contribution in [2.75, 3.05) is 6.54 Å². The zero-order valence-electron chi connectivity index (χ0n) is 12.0. The summed E-state index contributed by atoms with van der Waals surface area (Å²) in [7, 11) is 0. The molecule has 1 atom stereocenters. The van der Waals surface area contributed by atoms with Gasteiger partial charge in [-0.2, -0.15) is 0 Å². The second-order valence-electron chi connectivity index (χ2n) is 5.77. The number of rotatable bonds is 4. The lowest BCUT2D eigenvalue weighted by Crippen LogP contribution is -2.41. The van der Waals surface area contributed by atoms with Crippen LogP contribution in [0.1, 0.15) is 62.9 Å². The third-order valence-corrected chi connectivity index (χ3v) is 4.10. The Morgan fingerprint density at radius 1 is 1.21 bits per heavy atom. The Labute approximate surface area is 115 Å². The second kappa shape index (κ2) is 6.44. The van der Waals surface area contributed by atoms with Gasteiger partial charge in [-0.15, -0.1) is 0 Å². The van der Waals surface area contributed by atoms with Gasteiger partial charge >= 0.3 is 0 Å². The number of aliphatic hydroxyl groups is 1. The van der Waals surface area contributed by atoms with Crippen LogP contribution in [0.15, 0.2) is 12.4 Å². The average Bonchev–Trinajstić information content (AvgIpc) is 2.62. The molecule has 1 heterocycles. The van der Waals surface area contributed by atoms with Gasteiger partial charge in [0.2, 0.25) is 0 Å². The van der Waals surface area contributed by atoms with Gasteiger partial charge in [-0.25, -0.2) is 0 Å². The molecule has 0 saturated heterocycles. The molecule has 0 radical (unpaired) electrons. The molecule has 0 spiro atoms. The first-order chi connectivity index (χ1) is 9.11. The number of nitrogens with one attached hydrogen (secondary N) is 1. The Morgan fingerprint density at radius 2 is 1.84 bits per heavy atom. The smallest absolute Gasteiger partial charge is 0.0782 e. The maximum atomic E-state index is 10.6. The van der Waals surface area contributed by atoms with Gasteiger partial charge in [0.15, 0.2) is 0 Å². The van der Waals surface area contributed by atoms with Crippen LogP contribution in [0, 0.1) is 6.92 Å². The maximum absolute atomic E-state index is 10.6. The van der Waals surface area contributed by atoms with Gasteiger partial charge in [-0.3, -0.25) is 9.97 Å². The first kappa shape index (κ1) is 14.4. The highest BCUT2D eigenvalue weighted by atomic mass is 16.3. The fourth-order valence-electron chi connectivity index (χ4n) is 2.85. The summed E-state index contributed by atoms with van der Waals surface area (Å²) in [5.74, 6) is 0. The van der Waals surface area contributed by atoms with E-state index in [1.54, 1.807) is 12.4 Å². The zero-order valence-corrected chi connectivity index (χ0v) is 12.0.